The van der Waals surface area contributed by atoms with Gasteiger partial charge in [-0.05, 0) is 60.5 Å². The van der Waals surface area contributed by atoms with E-state index in [9.17, 15) is 9.90 Å². The molecule has 2 atom stereocenters. The van der Waals surface area contributed by atoms with Crippen LogP contribution < -0.4 is 15.2 Å². The van der Waals surface area contributed by atoms with Gasteiger partial charge in [0.25, 0.3) is 0 Å². The molecule has 0 saturated carbocycles. The van der Waals surface area contributed by atoms with Crippen molar-refractivity contribution in [2.24, 2.45) is 0 Å². The molecule has 3 aromatic carbocycles. The van der Waals surface area contributed by atoms with Gasteiger partial charge in [-0.3, -0.25) is 0 Å². The Kier molecular flexibility index (Phi) is 7.44. The summed E-state index contributed by atoms with van der Waals surface area (Å²) >= 11 is 1.26. The van der Waals surface area contributed by atoms with E-state index in [-0.39, 0.29) is 0 Å². The lowest BCUT2D eigenvalue weighted by Gasteiger charge is -2.22. The first-order valence-electron chi connectivity index (χ1n) is 9.62. The number of methoxy groups -OCH3 is 2. The van der Waals surface area contributed by atoms with Crippen molar-refractivity contribution in [3.8, 4) is 17.2 Å². The third kappa shape index (κ3) is 5.71. The molecule has 6 nitrogen and oxygen atoms in total. The van der Waals surface area contributed by atoms with Crippen molar-refractivity contribution in [3.05, 3.63) is 77.9 Å². The summed E-state index contributed by atoms with van der Waals surface area (Å²) in [5, 5.41) is 10.0. The number of anilines is 1. The molecule has 0 heterocycles. The van der Waals surface area contributed by atoms with Crippen molar-refractivity contribution in [1.82, 2.24) is 0 Å². The smallest absolute Gasteiger partial charge is 0.336 e. The molecule has 0 aliphatic carbocycles. The van der Waals surface area contributed by atoms with E-state index >= 15 is 0 Å². The van der Waals surface area contributed by atoms with Crippen LogP contribution in [0.2, 0.25) is 0 Å². The highest BCUT2D eigenvalue weighted by Gasteiger charge is 2.30. The van der Waals surface area contributed by atoms with Gasteiger partial charge in [0.05, 0.1) is 19.5 Å². The standard InChI is InChI=1S/C24H25NO5S/c1-15-5-4-6-18(13-15)30-19-11-12-20(25)21(14-19)31-23(22(26)24(27)29-3)16-7-9-17(28-2)10-8-16/h4-14,22-23,26H,25H2,1-3H3/t22-,23+/m1/s1. The zero-order valence-corrected chi connectivity index (χ0v) is 18.4. The van der Waals surface area contributed by atoms with E-state index in [2.05, 4.69) is 0 Å². The van der Waals surface area contributed by atoms with Crippen LogP contribution in [0.15, 0.2) is 71.6 Å². The molecule has 0 aliphatic heterocycles. The van der Waals surface area contributed by atoms with Gasteiger partial charge in [0.15, 0.2) is 6.10 Å². The monoisotopic (exact) mass is 439 g/mol. The summed E-state index contributed by atoms with van der Waals surface area (Å²) in [6, 6.07) is 20.2. The Bertz CT molecular complexity index is 1040. The van der Waals surface area contributed by atoms with E-state index in [0.717, 1.165) is 11.1 Å². The van der Waals surface area contributed by atoms with Gasteiger partial charge in [0, 0.05) is 10.6 Å². The molecule has 0 aliphatic rings. The summed E-state index contributed by atoms with van der Waals surface area (Å²) in [5.41, 5.74) is 8.52. The lowest BCUT2D eigenvalue weighted by Crippen LogP contribution is -2.27. The fourth-order valence-electron chi connectivity index (χ4n) is 2.98. The Morgan fingerprint density at radius 1 is 0.968 bits per heavy atom. The van der Waals surface area contributed by atoms with Crippen LogP contribution in [0.3, 0.4) is 0 Å². The van der Waals surface area contributed by atoms with Gasteiger partial charge in [-0.2, -0.15) is 0 Å². The molecular formula is C24H25NO5S. The Morgan fingerprint density at radius 3 is 2.29 bits per heavy atom. The second kappa shape index (κ2) is 10.2. The van der Waals surface area contributed by atoms with Crippen LogP contribution in [0.1, 0.15) is 16.4 Å². The van der Waals surface area contributed by atoms with Crippen LogP contribution in [0.4, 0.5) is 5.69 Å². The maximum atomic E-state index is 12.1. The van der Waals surface area contributed by atoms with Crippen LogP contribution in [-0.4, -0.2) is 31.4 Å². The molecule has 7 heteroatoms. The summed E-state index contributed by atoms with van der Waals surface area (Å²) < 4.78 is 15.9. The number of nitrogens with two attached hydrogens (primary N) is 1. The lowest BCUT2D eigenvalue weighted by atomic mass is 10.1. The number of nitrogen functional groups attached to an aromatic ring is 1. The second-order valence-corrected chi connectivity index (χ2v) is 8.08. The fourth-order valence-corrected chi connectivity index (χ4v) is 4.18. The maximum Gasteiger partial charge on any atom is 0.336 e. The molecule has 3 rings (SSSR count). The molecule has 3 N–H and O–H groups in total. The molecule has 0 amide bonds. The fraction of sp³-hybridized carbons (Fsp3) is 0.208. The third-order valence-corrected chi connectivity index (χ3v) is 6.03. The Morgan fingerprint density at radius 2 is 1.65 bits per heavy atom. The number of aliphatic hydroxyl groups is 1. The van der Waals surface area contributed by atoms with E-state index in [1.165, 1.54) is 18.9 Å². The minimum atomic E-state index is -1.39. The summed E-state index contributed by atoms with van der Waals surface area (Å²) in [7, 11) is 2.82. The molecule has 0 radical (unpaired) electrons. The van der Waals surface area contributed by atoms with E-state index in [1.807, 2.05) is 31.2 Å². The molecule has 162 valence electrons. The number of rotatable bonds is 8. The van der Waals surface area contributed by atoms with Crippen molar-refractivity contribution in [2.45, 2.75) is 23.2 Å². The van der Waals surface area contributed by atoms with Crippen molar-refractivity contribution < 1.29 is 24.1 Å². The van der Waals surface area contributed by atoms with Crippen molar-refractivity contribution >= 4 is 23.4 Å². The normalized spacial score (nSPS) is 12.6. The summed E-state index contributed by atoms with van der Waals surface area (Å²) in [6.07, 6.45) is -1.39. The van der Waals surface area contributed by atoms with Crippen LogP contribution in [0.5, 0.6) is 17.2 Å². The van der Waals surface area contributed by atoms with Crippen LogP contribution in [-0.2, 0) is 9.53 Å². The Labute approximate surface area is 185 Å². The highest BCUT2D eigenvalue weighted by atomic mass is 32.2. The van der Waals surface area contributed by atoms with Gasteiger partial charge >= 0.3 is 5.97 Å². The SMILES string of the molecule is COC(=O)[C@H](O)[C@@H](Sc1cc(Oc2cccc(C)c2)ccc1N)c1ccc(OC)cc1. The molecular weight excluding hydrogens is 414 g/mol. The lowest BCUT2D eigenvalue weighted by molar-refractivity contribution is -0.150. The number of esters is 1. The zero-order chi connectivity index (χ0) is 22.4. The Balaban J connectivity index is 1.91. The van der Waals surface area contributed by atoms with E-state index < -0.39 is 17.3 Å². The highest BCUT2D eigenvalue weighted by molar-refractivity contribution is 7.99. The van der Waals surface area contributed by atoms with Crippen molar-refractivity contribution in [1.29, 1.82) is 0 Å². The summed E-state index contributed by atoms with van der Waals surface area (Å²) in [4.78, 5) is 12.8. The molecule has 0 aromatic heterocycles. The molecule has 0 fully saturated rings. The highest BCUT2D eigenvalue weighted by Crippen LogP contribution is 2.42. The van der Waals surface area contributed by atoms with Gasteiger partial charge in [0.2, 0.25) is 0 Å². The number of aliphatic hydroxyl groups excluding tert-OH is 1. The Hall–Kier alpha value is -3.16. The molecule has 3 aromatic rings. The van der Waals surface area contributed by atoms with E-state index in [1.54, 1.807) is 49.6 Å². The quantitative estimate of drug-likeness (QED) is 0.297. The van der Waals surface area contributed by atoms with Gasteiger partial charge < -0.3 is 25.1 Å². The molecule has 0 saturated heterocycles. The van der Waals surface area contributed by atoms with E-state index in [4.69, 9.17) is 19.9 Å². The van der Waals surface area contributed by atoms with Crippen LogP contribution in [0.25, 0.3) is 0 Å². The van der Waals surface area contributed by atoms with Crippen molar-refractivity contribution in [3.63, 3.8) is 0 Å². The predicted octanol–water partition coefficient (Wildman–Crippen LogP) is 4.75. The first-order valence-corrected chi connectivity index (χ1v) is 10.5. The largest absolute Gasteiger partial charge is 0.497 e. The number of benzene rings is 3. The molecule has 0 unspecified atom stereocenters. The maximum absolute atomic E-state index is 12.1. The first-order chi connectivity index (χ1) is 14.9. The van der Waals surface area contributed by atoms with Crippen LogP contribution >= 0.6 is 11.8 Å². The topological polar surface area (TPSA) is 91.0 Å². The van der Waals surface area contributed by atoms with Gasteiger partial charge in [-0.25, -0.2) is 4.79 Å². The number of hydrogen-bond donors (Lipinski definition) is 2. The average Bonchev–Trinajstić information content (AvgIpc) is 2.78. The van der Waals surface area contributed by atoms with Gasteiger partial charge in [-0.1, -0.05) is 24.3 Å². The number of carbonyl (C=O) groups excluding carboxylic acids is 1. The van der Waals surface area contributed by atoms with Crippen molar-refractivity contribution in [2.75, 3.05) is 20.0 Å². The average molecular weight is 440 g/mol. The van der Waals surface area contributed by atoms with Gasteiger partial charge in [0.1, 0.15) is 17.2 Å². The summed E-state index contributed by atoms with van der Waals surface area (Å²) in [5.74, 6) is 1.26. The minimum Gasteiger partial charge on any atom is -0.497 e. The van der Waals surface area contributed by atoms with Crippen LogP contribution in [0, 0.1) is 6.92 Å². The molecule has 0 spiro atoms. The third-order valence-electron chi connectivity index (χ3n) is 4.64. The number of ether oxygens (including phenoxy) is 3. The zero-order valence-electron chi connectivity index (χ0n) is 17.6. The predicted molar refractivity (Wildman–Crippen MR) is 122 cm³/mol. The van der Waals surface area contributed by atoms with Gasteiger partial charge in [-0.15, -0.1) is 11.8 Å². The number of carbonyl (C=O) groups is 1. The molecule has 31 heavy (non-hydrogen) atoms. The first kappa shape index (κ1) is 22.5. The van der Waals surface area contributed by atoms with E-state index in [0.29, 0.717) is 27.8 Å². The summed E-state index contributed by atoms with van der Waals surface area (Å²) in [6.45, 7) is 1.99. The second-order valence-electron chi connectivity index (χ2n) is 6.90. The minimum absolute atomic E-state index is 0.511. The molecule has 0 bridgehead atoms. The number of aryl methyl sites for hydroxylation is 1. The number of thioether (sulfide) groups is 1. The number of hydrogen-bond acceptors (Lipinski definition) is 7.